The molecule has 0 radical (unpaired) electrons. The van der Waals surface area contributed by atoms with Crippen LogP contribution in [0.3, 0.4) is 0 Å². The molecule has 16 heavy (non-hydrogen) atoms. The van der Waals surface area contributed by atoms with Crippen molar-refractivity contribution in [1.29, 1.82) is 0 Å². The highest BCUT2D eigenvalue weighted by atomic mass is 32.2. The monoisotopic (exact) mass is 245 g/mol. The third-order valence-corrected chi connectivity index (χ3v) is 4.56. The fourth-order valence-corrected chi connectivity index (χ4v) is 2.76. The van der Waals surface area contributed by atoms with Crippen molar-refractivity contribution in [2.75, 3.05) is 6.54 Å². The predicted molar refractivity (Wildman–Crippen MR) is 63.4 cm³/mol. The second-order valence-corrected chi connectivity index (χ2v) is 6.11. The number of rotatable bonds is 5. The highest BCUT2D eigenvalue weighted by Gasteiger charge is 2.32. The van der Waals surface area contributed by atoms with E-state index < -0.39 is 15.6 Å². The van der Waals surface area contributed by atoms with Crippen molar-refractivity contribution in [3.63, 3.8) is 0 Å². The van der Waals surface area contributed by atoms with Crippen molar-refractivity contribution >= 4 is 10.0 Å². The molecule has 0 saturated carbocycles. The molecular formula is C10H19N3O2S. The van der Waals surface area contributed by atoms with Crippen LogP contribution in [0, 0.1) is 5.92 Å². The Hall–Kier alpha value is -0.850. The van der Waals surface area contributed by atoms with E-state index in [1.807, 2.05) is 20.8 Å². The lowest BCUT2D eigenvalue weighted by atomic mass is 9.90. The van der Waals surface area contributed by atoms with Crippen LogP contribution in [-0.4, -0.2) is 25.5 Å². The predicted octanol–water partition coefficient (Wildman–Crippen LogP) is 0.666. The number of hydrogen-bond donors (Lipinski definition) is 3. The molecule has 1 heterocycles. The molecule has 1 aromatic rings. The molecule has 0 aromatic carbocycles. The van der Waals surface area contributed by atoms with E-state index in [-0.39, 0.29) is 17.4 Å². The molecule has 1 unspecified atom stereocenters. The Morgan fingerprint density at radius 1 is 1.56 bits per heavy atom. The summed E-state index contributed by atoms with van der Waals surface area (Å²) >= 11 is 0. The smallest absolute Gasteiger partial charge is 0.242 e. The first-order chi connectivity index (χ1) is 7.32. The molecule has 1 aromatic heterocycles. The van der Waals surface area contributed by atoms with Crippen LogP contribution in [0.25, 0.3) is 0 Å². The first-order valence-electron chi connectivity index (χ1n) is 5.18. The van der Waals surface area contributed by atoms with Gasteiger partial charge in [0, 0.05) is 24.5 Å². The highest BCUT2D eigenvalue weighted by molar-refractivity contribution is 7.89. The number of hydrogen-bond acceptors (Lipinski definition) is 3. The van der Waals surface area contributed by atoms with E-state index in [1.165, 1.54) is 12.3 Å². The zero-order chi connectivity index (χ0) is 12.4. The van der Waals surface area contributed by atoms with Crippen molar-refractivity contribution in [3.05, 3.63) is 18.5 Å². The van der Waals surface area contributed by atoms with Crippen LogP contribution in [0.5, 0.6) is 0 Å². The van der Waals surface area contributed by atoms with Gasteiger partial charge in [0.05, 0.1) is 4.90 Å². The van der Waals surface area contributed by atoms with Gasteiger partial charge in [0.25, 0.3) is 0 Å². The molecule has 0 saturated heterocycles. The van der Waals surface area contributed by atoms with Gasteiger partial charge in [0.1, 0.15) is 0 Å². The fourth-order valence-electron chi connectivity index (χ4n) is 1.24. The summed E-state index contributed by atoms with van der Waals surface area (Å²) in [5, 5.41) is 0. The van der Waals surface area contributed by atoms with Crippen LogP contribution >= 0.6 is 0 Å². The van der Waals surface area contributed by atoms with Gasteiger partial charge in [-0.2, -0.15) is 0 Å². The van der Waals surface area contributed by atoms with Crippen LogP contribution in [0.4, 0.5) is 0 Å². The van der Waals surface area contributed by atoms with Crippen LogP contribution in [0.2, 0.25) is 0 Å². The topological polar surface area (TPSA) is 88.0 Å². The van der Waals surface area contributed by atoms with Gasteiger partial charge in [-0.25, -0.2) is 13.1 Å². The Morgan fingerprint density at radius 2 is 2.19 bits per heavy atom. The van der Waals surface area contributed by atoms with Crippen LogP contribution in [-0.2, 0) is 10.0 Å². The van der Waals surface area contributed by atoms with Crippen molar-refractivity contribution in [2.45, 2.75) is 31.2 Å². The molecule has 0 spiro atoms. The molecule has 6 heteroatoms. The molecule has 1 rings (SSSR count). The fraction of sp³-hybridized carbons (Fsp3) is 0.600. The second-order valence-electron chi connectivity index (χ2n) is 4.43. The van der Waals surface area contributed by atoms with Crippen molar-refractivity contribution < 1.29 is 8.42 Å². The van der Waals surface area contributed by atoms with Crippen molar-refractivity contribution in [1.82, 2.24) is 9.71 Å². The minimum atomic E-state index is -3.49. The van der Waals surface area contributed by atoms with E-state index in [4.69, 9.17) is 5.73 Å². The summed E-state index contributed by atoms with van der Waals surface area (Å²) in [5.41, 5.74) is 5.00. The Kier molecular flexibility index (Phi) is 3.77. The lowest BCUT2D eigenvalue weighted by Gasteiger charge is -2.32. The minimum Gasteiger partial charge on any atom is -0.366 e. The van der Waals surface area contributed by atoms with E-state index in [1.54, 1.807) is 6.20 Å². The zero-order valence-electron chi connectivity index (χ0n) is 9.82. The minimum absolute atomic E-state index is 0.117. The van der Waals surface area contributed by atoms with Gasteiger partial charge in [-0.15, -0.1) is 0 Å². The van der Waals surface area contributed by atoms with Gasteiger partial charge < -0.3 is 10.7 Å². The van der Waals surface area contributed by atoms with Crippen LogP contribution in [0.15, 0.2) is 23.4 Å². The van der Waals surface area contributed by atoms with Gasteiger partial charge in [-0.3, -0.25) is 0 Å². The summed E-state index contributed by atoms with van der Waals surface area (Å²) in [4.78, 5) is 2.95. The Labute approximate surface area is 96.5 Å². The summed E-state index contributed by atoms with van der Waals surface area (Å²) in [7, 11) is -3.49. The van der Waals surface area contributed by atoms with Gasteiger partial charge in [-0.1, -0.05) is 13.8 Å². The number of H-pyrrole nitrogens is 1. The van der Waals surface area contributed by atoms with Crippen molar-refractivity contribution in [2.24, 2.45) is 11.7 Å². The van der Waals surface area contributed by atoms with Gasteiger partial charge >= 0.3 is 0 Å². The average molecular weight is 245 g/mol. The molecule has 0 bridgehead atoms. The largest absolute Gasteiger partial charge is 0.366 e. The third-order valence-electron chi connectivity index (χ3n) is 2.95. The first kappa shape index (κ1) is 13.2. The maximum Gasteiger partial charge on any atom is 0.242 e. The normalized spacial score (nSPS) is 16.3. The lowest BCUT2D eigenvalue weighted by molar-refractivity contribution is 0.315. The van der Waals surface area contributed by atoms with Crippen molar-refractivity contribution in [3.8, 4) is 0 Å². The Bertz CT molecular complexity index is 425. The molecule has 0 amide bonds. The maximum atomic E-state index is 12.0. The maximum absolute atomic E-state index is 12.0. The summed E-state index contributed by atoms with van der Waals surface area (Å²) < 4.78 is 26.6. The number of nitrogens with one attached hydrogen (secondary N) is 2. The Balaban J connectivity index is 2.97. The molecule has 0 fully saturated rings. The zero-order valence-corrected chi connectivity index (χ0v) is 10.6. The number of aromatic nitrogens is 1. The number of aromatic amines is 1. The van der Waals surface area contributed by atoms with Gasteiger partial charge in [0.15, 0.2) is 0 Å². The SMILES string of the molecule is CC(C)C(C)(CN)NS(=O)(=O)c1cc[nH]c1. The molecule has 92 valence electrons. The van der Waals surface area contributed by atoms with Gasteiger partial charge in [-0.05, 0) is 18.9 Å². The second kappa shape index (κ2) is 4.57. The Morgan fingerprint density at radius 3 is 2.56 bits per heavy atom. The number of sulfonamides is 1. The first-order valence-corrected chi connectivity index (χ1v) is 6.67. The summed E-state index contributed by atoms with van der Waals surface area (Å²) in [6, 6.07) is 1.51. The molecule has 4 N–H and O–H groups in total. The van der Waals surface area contributed by atoms with E-state index in [2.05, 4.69) is 9.71 Å². The summed E-state index contributed by atoms with van der Waals surface area (Å²) in [6.45, 7) is 5.94. The third kappa shape index (κ3) is 2.63. The molecule has 0 aliphatic rings. The summed E-state index contributed by atoms with van der Waals surface area (Å²) in [5.74, 6) is 0.117. The standard InChI is InChI=1S/C10H19N3O2S/c1-8(2)10(3,7-11)13-16(14,15)9-4-5-12-6-9/h4-6,8,12-13H,7,11H2,1-3H3. The molecular weight excluding hydrogens is 226 g/mol. The van der Waals surface area contributed by atoms with E-state index in [0.717, 1.165) is 0 Å². The molecule has 1 atom stereocenters. The van der Waals surface area contributed by atoms with Crippen LogP contribution < -0.4 is 10.5 Å². The average Bonchev–Trinajstić information content (AvgIpc) is 2.70. The van der Waals surface area contributed by atoms with E-state index >= 15 is 0 Å². The quantitative estimate of drug-likeness (QED) is 0.712. The molecule has 5 nitrogen and oxygen atoms in total. The lowest BCUT2D eigenvalue weighted by Crippen LogP contribution is -2.54. The van der Waals surface area contributed by atoms with Gasteiger partial charge in [0.2, 0.25) is 10.0 Å². The highest BCUT2D eigenvalue weighted by Crippen LogP contribution is 2.19. The van der Waals surface area contributed by atoms with E-state index in [0.29, 0.717) is 0 Å². The molecule has 0 aliphatic heterocycles. The summed E-state index contributed by atoms with van der Waals surface area (Å²) in [6.07, 6.45) is 3.02. The van der Waals surface area contributed by atoms with Crippen LogP contribution in [0.1, 0.15) is 20.8 Å². The number of nitrogens with two attached hydrogens (primary N) is 1. The molecule has 0 aliphatic carbocycles. The van der Waals surface area contributed by atoms with E-state index in [9.17, 15) is 8.42 Å².